The van der Waals surface area contributed by atoms with Crippen molar-refractivity contribution in [2.75, 3.05) is 30.2 Å². The predicted octanol–water partition coefficient (Wildman–Crippen LogP) is 7.20. The zero-order valence-electron chi connectivity index (χ0n) is 25.5. The number of hydrogen-bond donors (Lipinski definition) is 2. The molecule has 1 aliphatic rings. The van der Waals surface area contributed by atoms with Crippen LogP contribution in [-0.2, 0) is 11.2 Å². The number of aryl methyl sites for hydroxylation is 2. The molecule has 0 fully saturated rings. The lowest BCUT2D eigenvalue weighted by Crippen LogP contribution is -2.13. The fraction of sp³-hybridized carbons (Fsp3) is 0.265. The molecule has 0 aliphatic carbocycles. The number of rotatable bonds is 5. The largest absolute Gasteiger partial charge is 0.508 e. The van der Waals surface area contributed by atoms with E-state index in [0.717, 1.165) is 18.7 Å². The van der Waals surface area contributed by atoms with E-state index in [-0.39, 0.29) is 6.10 Å². The van der Waals surface area contributed by atoms with Gasteiger partial charge in [-0.15, -0.1) is 11.6 Å². The van der Waals surface area contributed by atoms with Crippen molar-refractivity contribution in [1.29, 1.82) is 0 Å². The van der Waals surface area contributed by atoms with Gasteiger partial charge < -0.3 is 24.5 Å². The van der Waals surface area contributed by atoms with E-state index in [1.54, 1.807) is 41.1 Å². The number of alkyl halides is 1. The number of ether oxygens (including phenoxy) is 1. The molecular weight excluding hydrogens is 564 g/mol. The number of fused-ring (bicyclic) bond motifs is 4. The van der Waals surface area contributed by atoms with Gasteiger partial charge >= 0.3 is 0 Å². The highest BCUT2D eigenvalue weighted by Gasteiger charge is 2.22. The second-order valence-electron chi connectivity index (χ2n) is 10.3. The molecule has 1 amide bonds. The van der Waals surface area contributed by atoms with Gasteiger partial charge in [0, 0.05) is 49.5 Å². The number of phenols is 1. The Labute approximate surface area is 257 Å². The fourth-order valence-electron chi connectivity index (χ4n) is 4.80. The number of anilines is 2. The molecule has 0 saturated heterocycles. The van der Waals surface area contributed by atoms with Gasteiger partial charge in [-0.25, -0.2) is 4.98 Å². The standard InChI is InChI=1S/C17H21NO.C9H7N3O2.C7H8O.CH3Cl/c1-11(2)19-16-10-15-13(8-9-18(15)4)17-12(3)6-5-7-14(16)17;13-5-8-4-12-3-7(10-6-14)1-2-9(12)11-8;1-6-2-4-7(8)5-3-6;1-2/h5-7,10-11H,8-9H2,1-4H3;1-6H,(H,10,14);2-5,8H,1H3;1H3. The minimum Gasteiger partial charge on any atom is -0.508 e. The Morgan fingerprint density at radius 1 is 1.02 bits per heavy atom. The third-order valence-corrected chi connectivity index (χ3v) is 6.74. The van der Waals surface area contributed by atoms with Gasteiger partial charge in [0.05, 0.1) is 11.8 Å². The molecule has 6 rings (SSSR count). The number of carbonyl (C=O) groups excluding carboxylic acids is 2. The van der Waals surface area contributed by atoms with Crippen LogP contribution in [0.5, 0.6) is 11.5 Å². The van der Waals surface area contributed by atoms with E-state index in [9.17, 15) is 9.59 Å². The molecule has 2 N–H and O–H groups in total. The van der Waals surface area contributed by atoms with Crippen LogP contribution in [0.2, 0.25) is 0 Å². The minimum absolute atomic E-state index is 0.202. The molecule has 0 spiro atoms. The number of imidazole rings is 1. The summed E-state index contributed by atoms with van der Waals surface area (Å²) in [6.45, 7) is 9.45. The van der Waals surface area contributed by atoms with Crippen molar-refractivity contribution in [2.24, 2.45) is 0 Å². The average molecular weight is 603 g/mol. The molecule has 43 heavy (non-hydrogen) atoms. The Hall–Kier alpha value is -4.56. The van der Waals surface area contributed by atoms with Crippen LogP contribution in [0, 0.1) is 13.8 Å². The van der Waals surface area contributed by atoms with Crippen molar-refractivity contribution >= 4 is 52.1 Å². The van der Waals surface area contributed by atoms with E-state index in [2.05, 4.69) is 78.9 Å². The molecule has 0 unspecified atom stereocenters. The van der Waals surface area contributed by atoms with Crippen molar-refractivity contribution in [3.05, 3.63) is 95.4 Å². The smallest absolute Gasteiger partial charge is 0.211 e. The number of aromatic hydroxyl groups is 1. The number of halogens is 1. The molecule has 226 valence electrons. The number of hydrogen-bond acceptors (Lipinski definition) is 6. The first kappa shape index (κ1) is 32.9. The summed E-state index contributed by atoms with van der Waals surface area (Å²) >= 11 is 4.64. The Morgan fingerprint density at radius 3 is 2.37 bits per heavy atom. The van der Waals surface area contributed by atoms with Crippen LogP contribution < -0.4 is 15.0 Å². The normalized spacial score (nSPS) is 11.4. The minimum atomic E-state index is 0.202. The molecule has 1 aliphatic heterocycles. The molecule has 0 radical (unpaired) electrons. The molecule has 3 heterocycles. The summed E-state index contributed by atoms with van der Waals surface area (Å²) in [7, 11) is 2.16. The highest BCUT2D eigenvalue weighted by molar-refractivity contribution is 6.15. The van der Waals surface area contributed by atoms with Crippen LogP contribution in [0.3, 0.4) is 0 Å². The number of aldehydes is 1. The van der Waals surface area contributed by atoms with Crippen LogP contribution >= 0.6 is 11.6 Å². The van der Waals surface area contributed by atoms with Gasteiger partial charge in [0.25, 0.3) is 0 Å². The number of aromatic nitrogens is 2. The van der Waals surface area contributed by atoms with Crippen molar-refractivity contribution < 1.29 is 19.4 Å². The number of nitrogens with zero attached hydrogens (tertiary/aromatic N) is 3. The first-order valence-corrected chi connectivity index (χ1v) is 14.7. The van der Waals surface area contributed by atoms with E-state index in [1.807, 2.05) is 19.1 Å². The average Bonchev–Trinajstić information content (AvgIpc) is 3.59. The van der Waals surface area contributed by atoms with Gasteiger partial charge in [-0.1, -0.05) is 35.9 Å². The molecule has 9 heteroatoms. The van der Waals surface area contributed by atoms with Crippen LogP contribution in [-0.4, -0.2) is 53.3 Å². The van der Waals surface area contributed by atoms with Gasteiger partial charge in [0.1, 0.15) is 22.8 Å². The highest BCUT2D eigenvalue weighted by Crippen LogP contribution is 2.41. The first-order chi connectivity index (χ1) is 20.7. The summed E-state index contributed by atoms with van der Waals surface area (Å²) in [6.07, 6.45) is 7.36. The number of carbonyl (C=O) groups is 2. The second kappa shape index (κ2) is 15.6. The third-order valence-electron chi connectivity index (χ3n) is 6.74. The molecule has 0 bridgehead atoms. The van der Waals surface area contributed by atoms with Crippen LogP contribution in [0.1, 0.15) is 41.0 Å². The summed E-state index contributed by atoms with van der Waals surface area (Å²) < 4.78 is 7.71. The third kappa shape index (κ3) is 8.49. The van der Waals surface area contributed by atoms with Gasteiger partial charge in [0.2, 0.25) is 6.41 Å². The van der Waals surface area contributed by atoms with E-state index in [4.69, 9.17) is 9.84 Å². The zero-order valence-corrected chi connectivity index (χ0v) is 26.2. The molecule has 2 aromatic heterocycles. The van der Waals surface area contributed by atoms with E-state index in [0.29, 0.717) is 35.5 Å². The number of phenolic OH excluding ortho intramolecular Hbond substituents is 1. The molecule has 0 atom stereocenters. The van der Waals surface area contributed by atoms with Crippen LogP contribution in [0.25, 0.3) is 16.4 Å². The van der Waals surface area contributed by atoms with Crippen molar-refractivity contribution in [3.8, 4) is 11.5 Å². The second-order valence-corrected chi connectivity index (χ2v) is 10.3. The SMILES string of the molecule is CCl.Cc1ccc(O)cc1.Cc1cccc2c(OC(C)C)cc3c(c12)CCN3C.O=CNc1ccc2nc(C=O)cn2c1. The van der Waals surface area contributed by atoms with E-state index < -0.39 is 0 Å². The predicted molar refractivity (Wildman–Crippen MR) is 176 cm³/mol. The maximum Gasteiger partial charge on any atom is 0.211 e. The Bertz CT molecular complexity index is 1640. The number of nitrogens with one attached hydrogen (secondary N) is 1. The fourth-order valence-corrected chi connectivity index (χ4v) is 4.80. The molecule has 0 saturated carbocycles. The first-order valence-electron chi connectivity index (χ1n) is 13.9. The molecule has 8 nitrogen and oxygen atoms in total. The van der Waals surface area contributed by atoms with Gasteiger partial charge in [-0.2, -0.15) is 0 Å². The van der Waals surface area contributed by atoms with E-state index >= 15 is 0 Å². The Kier molecular flexibility index (Phi) is 12.0. The van der Waals surface area contributed by atoms with Gasteiger partial charge in [-0.05, 0) is 74.9 Å². The lowest BCUT2D eigenvalue weighted by molar-refractivity contribution is -0.105. The lowest BCUT2D eigenvalue weighted by Gasteiger charge is -2.19. The molecule has 3 aromatic carbocycles. The van der Waals surface area contributed by atoms with Crippen molar-refractivity contribution in [2.45, 2.75) is 40.2 Å². The maximum absolute atomic E-state index is 10.4. The summed E-state index contributed by atoms with van der Waals surface area (Å²) in [4.78, 5) is 27.0. The number of benzene rings is 3. The molecule has 5 aromatic rings. The molecular formula is C34H39ClN4O4. The summed E-state index contributed by atoms with van der Waals surface area (Å²) in [5, 5.41) is 13.9. The van der Waals surface area contributed by atoms with Gasteiger partial charge in [-0.3, -0.25) is 9.59 Å². The maximum atomic E-state index is 10.4. The van der Waals surface area contributed by atoms with Gasteiger partial charge in [0.15, 0.2) is 6.29 Å². The van der Waals surface area contributed by atoms with Crippen molar-refractivity contribution in [1.82, 2.24) is 9.38 Å². The van der Waals surface area contributed by atoms with Crippen molar-refractivity contribution in [3.63, 3.8) is 0 Å². The lowest BCUT2D eigenvalue weighted by atomic mass is 9.97. The van der Waals surface area contributed by atoms with E-state index in [1.165, 1.54) is 39.5 Å². The number of pyridine rings is 1. The number of amides is 1. The van der Waals surface area contributed by atoms with Crippen LogP contribution in [0.15, 0.2) is 73.1 Å². The topological polar surface area (TPSA) is 96.2 Å². The van der Waals surface area contributed by atoms with Crippen LogP contribution in [0.4, 0.5) is 11.4 Å². The summed E-state index contributed by atoms with van der Waals surface area (Å²) in [5.41, 5.74) is 7.02. The Balaban J connectivity index is 0.000000185. The highest BCUT2D eigenvalue weighted by atomic mass is 35.5. The summed E-state index contributed by atoms with van der Waals surface area (Å²) in [6, 6.07) is 19.2. The number of likely N-dealkylation sites (N-methyl/N-ethyl adjacent to an activating group) is 1. The zero-order chi connectivity index (χ0) is 31.5. The monoisotopic (exact) mass is 602 g/mol. The Morgan fingerprint density at radius 2 is 1.74 bits per heavy atom. The quantitative estimate of drug-likeness (QED) is 0.163. The summed E-state index contributed by atoms with van der Waals surface area (Å²) in [5.74, 6) is 1.34.